The van der Waals surface area contributed by atoms with Crippen LogP contribution >= 0.6 is 0 Å². The Labute approximate surface area is 121 Å². The molecular weight excluding hydrogens is 264 g/mol. The second-order valence-electron chi connectivity index (χ2n) is 4.74. The number of hydrogen-bond donors (Lipinski definition) is 2. The van der Waals surface area contributed by atoms with Crippen LogP contribution in [0.5, 0.6) is 0 Å². The highest BCUT2D eigenvalue weighted by molar-refractivity contribution is 5.82. The maximum atomic E-state index is 12.2. The number of hydrogen-bond acceptors (Lipinski definition) is 6. The highest BCUT2D eigenvalue weighted by atomic mass is 16.7. The van der Waals surface area contributed by atoms with Crippen LogP contribution in [0.3, 0.4) is 0 Å². The molecule has 0 bridgehead atoms. The van der Waals surface area contributed by atoms with Crippen LogP contribution in [0.1, 0.15) is 35.0 Å². The Morgan fingerprint density at radius 3 is 2.50 bits per heavy atom. The van der Waals surface area contributed by atoms with Crippen molar-refractivity contribution in [3.05, 3.63) is 0 Å². The molecule has 0 amide bonds. The Bertz CT molecular complexity index is 339. The first-order valence-electron chi connectivity index (χ1n) is 7.69. The van der Waals surface area contributed by atoms with E-state index in [1.54, 1.807) is 13.8 Å². The summed E-state index contributed by atoms with van der Waals surface area (Å²) in [5.74, 6) is -1.58. The molecule has 20 heavy (non-hydrogen) atoms. The molecular formula is C14H26O6. The van der Waals surface area contributed by atoms with Gasteiger partial charge in [0, 0.05) is 19.6 Å². The predicted octanol–water partition coefficient (Wildman–Crippen LogP) is 0.491. The van der Waals surface area contributed by atoms with Crippen LogP contribution < -0.4 is 0 Å². The van der Waals surface area contributed by atoms with Gasteiger partial charge in [0.15, 0.2) is 6.27 Å². The van der Waals surface area contributed by atoms with E-state index in [4.69, 9.17) is 15.6 Å². The smallest absolute Gasteiger partial charge is 0.170 e. The third-order valence-electron chi connectivity index (χ3n) is 3.21. The molecule has 0 spiro atoms. The van der Waals surface area contributed by atoms with E-state index in [1.165, 1.54) is 0 Å². The van der Waals surface area contributed by atoms with Crippen molar-refractivity contribution in [3.8, 4) is 0 Å². The predicted molar refractivity (Wildman–Crippen MR) is 72.2 cm³/mol. The molecule has 2 N–H and O–H groups in total. The van der Waals surface area contributed by atoms with E-state index in [9.17, 15) is 15.0 Å². The van der Waals surface area contributed by atoms with Gasteiger partial charge in [0.05, 0.1) is 20.0 Å². The molecule has 0 aromatic carbocycles. The second kappa shape index (κ2) is 8.69. The van der Waals surface area contributed by atoms with Gasteiger partial charge in [0.25, 0.3) is 0 Å². The van der Waals surface area contributed by atoms with E-state index in [-0.39, 0.29) is 25.4 Å². The first kappa shape index (κ1) is 15.9. The van der Waals surface area contributed by atoms with Gasteiger partial charge in [0.2, 0.25) is 0 Å². The zero-order valence-electron chi connectivity index (χ0n) is 13.4. The summed E-state index contributed by atoms with van der Waals surface area (Å²) < 4.78 is 24.2. The zero-order valence-corrected chi connectivity index (χ0v) is 12.4. The van der Waals surface area contributed by atoms with Gasteiger partial charge in [-0.05, 0) is 20.3 Å². The fourth-order valence-electron chi connectivity index (χ4n) is 2.21. The molecule has 1 aliphatic rings. The van der Waals surface area contributed by atoms with Crippen LogP contribution in [-0.2, 0) is 19.0 Å². The van der Waals surface area contributed by atoms with Gasteiger partial charge < -0.3 is 24.4 Å². The van der Waals surface area contributed by atoms with Crippen LogP contribution in [0.25, 0.3) is 0 Å². The Morgan fingerprint density at radius 1 is 1.25 bits per heavy atom. The van der Waals surface area contributed by atoms with Gasteiger partial charge in [0.1, 0.15) is 18.0 Å². The van der Waals surface area contributed by atoms with E-state index in [0.717, 1.165) is 0 Å². The SMILES string of the molecule is [2H]C1(OCC)O[C@H](COCC)[C@@H](O)[C@H](O)[C@H]1C(=O)CCC. The summed E-state index contributed by atoms with van der Waals surface area (Å²) in [6.07, 6.45) is -4.82. The highest BCUT2D eigenvalue weighted by Gasteiger charge is 2.47. The van der Waals surface area contributed by atoms with Gasteiger partial charge in [-0.2, -0.15) is 0 Å². The Kier molecular flexibility index (Phi) is 6.89. The maximum absolute atomic E-state index is 12.2. The molecule has 1 heterocycles. The van der Waals surface area contributed by atoms with E-state index in [2.05, 4.69) is 0 Å². The topological polar surface area (TPSA) is 85.2 Å². The van der Waals surface area contributed by atoms with Crippen LogP contribution in [0.15, 0.2) is 0 Å². The molecule has 0 radical (unpaired) electrons. The van der Waals surface area contributed by atoms with Crippen molar-refractivity contribution in [2.45, 2.75) is 58.2 Å². The lowest BCUT2D eigenvalue weighted by atomic mass is 9.86. The third kappa shape index (κ3) is 4.23. The lowest BCUT2D eigenvalue weighted by Crippen LogP contribution is -2.58. The van der Waals surface area contributed by atoms with E-state index < -0.39 is 30.5 Å². The van der Waals surface area contributed by atoms with Gasteiger partial charge in [-0.3, -0.25) is 4.79 Å². The summed E-state index contributed by atoms with van der Waals surface area (Å²) in [7, 11) is 0. The average Bonchev–Trinajstić information content (AvgIpc) is 2.42. The minimum atomic E-state index is -2.00. The normalized spacial score (nSPS) is 38.5. The van der Waals surface area contributed by atoms with Crippen molar-refractivity contribution in [1.82, 2.24) is 0 Å². The molecule has 1 fully saturated rings. The Hall–Kier alpha value is -0.530. The first-order valence-corrected chi connectivity index (χ1v) is 7.19. The first-order chi connectivity index (χ1) is 9.91. The molecule has 1 aliphatic heterocycles. The lowest BCUT2D eigenvalue weighted by Gasteiger charge is -2.41. The van der Waals surface area contributed by atoms with E-state index in [0.29, 0.717) is 13.0 Å². The fourth-order valence-corrected chi connectivity index (χ4v) is 2.21. The molecule has 1 unspecified atom stereocenters. The molecule has 0 aliphatic carbocycles. The largest absolute Gasteiger partial charge is 0.389 e. The van der Waals surface area contributed by atoms with E-state index in [1.807, 2.05) is 6.92 Å². The second-order valence-corrected chi connectivity index (χ2v) is 4.74. The number of carbonyl (C=O) groups is 1. The molecule has 1 rings (SSSR count). The highest BCUT2D eigenvalue weighted by Crippen LogP contribution is 2.29. The van der Waals surface area contributed by atoms with Gasteiger partial charge in [-0.25, -0.2) is 0 Å². The monoisotopic (exact) mass is 291 g/mol. The van der Waals surface area contributed by atoms with Crippen molar-refractivity contribution < 1.29 is 30.6 Å². The number of ether oxygens (including phenoxy) is 3. The van der Waals surface area contributed by atoms with Crippen molar-refractivity contribution >= 4 is 5.78 Å². The summed E-state index contributed by atoms with van der Waals surface area (Å²) in [4.78, 5) is 12.2. The summed E-state index contributed by atoms with van der Waals surface area (Å²) >= 11 is 0. The minimum absolute atomic E-state index is 0.0249. The third-order valence-corrected chi connectivity index (χ3v) is 3.21. The van der Waals surface area contributed by atoms with Gasteiger partial charge >= 0.3 is 0 Å². The van der Waals surface area contributed by atoms with Crippen LogP contribution in [0.2, 0.25) is 0 Å². The molecule has 0 saturated carbocycles. The molecule has 5 atom stereocenters. The average molecular weight is 291 g/mol. The molecule has 6 nitrogen and oxygen atoms in total. The van der Waals surface area contributed by atoms with E-state index >= 15 is 0 Å². The number of aliphatic hydroxyl groups is 2. The minimum Gasteiger partial charge on any atom is -0.389 e. The quantitative estimate of drug-likeness (QED) is 0.677. The number of carbonyl (C=O) groups excluding carboxylic acids is 1. The zero-order chi connectivity index (χ0) is 16.0. The molecule has 0 aromatic heterocycles. The van der Waals surface area contributed by atoms with Gasteiger partial charge in [-0.15, -0.1) is 0 Å². The fraction of sp³-hybridized carbons (Fsp3) is 0.929. The van der Waals surface area contributed by atoms with Crippen LogP contribution in [0, 0.1) is 5.92 Å². The Balaban J connectivity index is 2.98. The lowest BCUT2D eigenvalue weighted by molar-refractivity contribution is -0.280. The number of Topliss-reactive ketones (excluding diaryl/α,β-unsaturated/α-hetero) is 1. The summed E-state index contributed by atoms with van der Waals surface area (Å²) in [6, 6.07) is 0. The standard InChI is InChI=1S/C14H26O6/c1-4-7-9(15)11-13(17)12(16)10(8-18-5-2)20-14(11)19-6-3/h10-14,16-17H,4-8H2,1-3H3/t10-,11-,12-,13-,14?/m1/s1/i14D. The van der Waals surface area contributed by atoms with Crippen LogP contribution in [-0.4, -0.2) is 60.4 Å². The van der Waals surface area contributed by atoms with Crippen LogP contribution in [0.4, 0.5) is 0 Å². The maximum Gasteiger partial charge on any atom is 0.170 e. The summed E-state index contributed by atoms with van der Waals surface area (Å²) in [5.41, 5.74) is 0. The number of ketones is 1. The van der Waals surface area contributed by atoms with Crippen molar-refractivity contribution in [3.63, 3.8) is 0 Å². The van der Waals surface area contributed by atoms with Gasteiger partial charge in [-0.1, -0.05) is 6.92 Å². The molecule has 0 aromatic rings. The molecule has 6 heteroatoms. The number of aliphatic hydroxyl groups excluding tert-OH is 2. The number of rotatable bonds is 8. The van der Waals surface area contributed by atoms with Crippen molar-refractivity contribution in [2.75, 3.05) is 19.8 Å². The summed E-state index contributed by atoms with van der Waals surface area (Å²) in [6.45, 7) is 5.89. The Morgan fingerprint density at radius 2 is 1.95 bits per heavy atom. The molecule has 1 saturated heterocycles. The van der Waals surface area contributed by atoms with Crippen molar-refractivity contribution in [1.29, 1.82) is 0 Å². The van der Waals surface area contributed by atoms with Crippen molar-refractivity contribution in [2.24, 2.45) is 5.92 Å². The summed E-state index contributed by atoms with van der Waals surface area (Å²) in [5, 5.41) is 20.4. The molecule has 118 valence electrons.